The molecule has 0 bridgehead atoms. The zero-order chi connectivity index (χ0) is 21.7. The topological polar surface area (TPSA) is 72.8 Å². The Kier molecular flexibility index (Phi) is 5.41. The molecule has 30 heavy (non-hydrogen) atoms. The number of rotatable bonds is 4. The van der Waals surface area contributed by atoms with Crippen LogP contribution in [0.25, 0.3) is 0 Å². The maximum Gasteiger partial charge on any atom is 0.303 e. The van der Waals surface area contributed by atoms with Gasteiger partial charge in [-0.3, -0.25) is 9.59 Å². The summed E-state index contributed by atoms with van der Waals surface area (Å²) in [7, 11) is 0. The molecule has 5 heteroatoms. The fourth-order valence-corrected chi connectivity index (χ4v) is 7.84. The molecule has 7 atom stereocenters. The fourth-order valence-electron chi connectivity index (χ4n) is 7.84. The maximum atomic E-state index is 11.9. The van der Waals surface area contributed by atoms with Crippen molar-refractivity contribution < 1.29 is 24.2 Å². The predicted molar refractivity (Wildman–Crippen MR) is 113 cm³/mol. The van der Waals surface area contributed by atoms with E-state index in [-0.39, 0.29) is 28.9 Å². The minimum absolute atomic E-state index is 0.112. The highest BCUT2D eigenvalue weighted by molar-refractivity contribution is 5.67. The number of hydrogen-bond donors (Lipinski definition) is 1. The second-order valence-corrected chi connectivity index (χ2v) is 10.3. The Morgan fingerprint density at radius 3 is 2.53 bits per heavy atom. The van der Waals surface area contributed by atoms with Gasteiger partial charge in [-0.1, -0.05) is 25.2 Å². The number of carbonyl (C=O) groups is 2. The van der Waals surface area contributed by atoms with Gasteiger partial charge in [0.15, 0.2) is 0 Å². The predicted octanol–water partition coefficient (Wildman–Crippen LogP) is 4.34. The van der Waals surface area contributed by atoms with E-state index in [9.17, 15) is 14.7 Å². The minimum Gasteiger partial charge on any atom is -0.465 e. The van der Waals surface area contributed by atoms with Crippen LogP contribution < -0.4 is 0 Å². The molecule has 4 aliphatic carbocycles. The highest BCUT2D eigenvalue weighted by atomic mass is 16.6. The summed E-state index contributed by atoms with van der Waals surface area (Å²) < 4.78 is 11.6. The summed E-state index contributed by atoms with van der Waals surface area (Å²) in [5, 5.41) is 10.3. The molecule has 4 aliphatic rings. The molecule has 5 nitrogen and oxygen atoms in total. The van der Waals surface area contributed by atoms with Crippen LogP contribution in [0.5, 0.6) is 0 Å². The van der Waals surface area contributed by atoms with E-state index in [1.165, 1.54) is 19.4 Å². The molecule has 4 rings (SSSR count). The Bertz CT molecular complexity index is 772. The molecule has 0 heterocycles. The molecule has 0 aliphatic heterocycles. The monoisotopic (exact) mass is 416 g/mol. The Hall–Kier alpha value is -1.62. The maximum absolute atomic E-state index is 11.9. The third kappa shape index (κ3) is 3.07. The van der Waals surface area contributed by atoms with Gasteiger partial charge in [-0.25, -0.2) is 0 Å². The quantitative estimate of drug-likeness (QED) is 0.545. The van der Waals surface area contributed by atoms with Gasteiger partial charge in [0.2, 0.25) is 0 Å². The third-order valence-electron chi connectivity index (χ3n) is 9.18. The van der Waals surface area contributed by atoms with Crippen molar-refractivity contribution >= 4 is 11.9 Å². The molecule has 0 spiro atoms. The van der Waals surface area contributed by atoms with Gasteiger partial charge in [-0.05, 0) is 75.2 Å². The lowest BCUT2D eigenvalue weighted by Gasteiger charge is -2.60. The van der Waals surface area contributed by atoms with E-state index in [4.69, 9.17) is 9.47 Å². The van der Waals surface area contributed by atoms with Crippen LogP contribution in [0.4, 0.5) is 0 Å². The van der Waals surface area contributed by atoms with E-state index in [0.29, 0.717) is 24.4 Å². The van der Waals surface area contributed by atoms with Crippen LogP contribution in [0, 0.1) is 28.6 Å². The van der Waals surface area contributed by atoms with Crippen LogP contribution in [0.3, 0.4) is 0 Å². The Balaban J connectivity index is 1.69. The van der Waals surface area contributed by atoms with Gasteiger partial charge in [-0.2, -0.15) is 0 Å². The Morgan fingerprint density at radius 1 is 1.13 bits per heavy atom. The Labute approximate surface area is 179 Å². The standard InChI is InChI=1S/C25H36O5/c1-5-25(30-17(3)27)13-10-21-20-7-6-18-14-19(28)8-12-24(18,15-29-16(2)26)22(20)9-11-23(21,25)4/h5,14,19-22,28H,1,6-13,15H2,2-4H3/t19-,20-,21-,22-,23-,24+,25-/m0/s1. The summed E-state index contributed by atoms with van der Waals surface area (Å²) >= 11 is 0. The summed E-state index contributed by atoms with van der Waals surface area (Å²) in [5.41, 5.74) is 0.437. The first-order chi connectivity index (χ1) is 14.2. The molecular weight excluding hydrogens is 380 g/mol. The molecule has 0 unspecified atom stereocenters. The van der Waals surface area contributed by atoms with Crippen molar-refractivity contribution in [1.82, 2.24) is 0 Å². The number of esters is 2. The van der Waals surface area contributed by atoms with Crippen molar-refractivity contribution in [3.8, 4) is 0 Å². The first-order valence-electron chi connectivity index (χ1n) is 11.5. The molecule has 1 N–H and O–H groups in total. The highest BCUT2D eigenvalue weighted by Crippen LogP contribution is 2.68. The van der Waals surface area contributed by atoms with Crippen molar-refractivity contribution in [3.63, 3.8) is 0 Å². The van der Waals surface area contributed by atoms with Gasteiger partial charge in [0, 0.05) is 24.7 Å². The number of aliphatic hydroxyl groups excluding tert-OH is 1. The zero-order valence-corrected chi connectivity index (χ0v) is 18.6. The first-order valence-corrected chi connectivity index (χ1v) is 11.5. The van der Waals surface area contributed by atoms with Crippen LogP contribution in [-0.2, 0) is 19.1 Å². The number of fused-ring (bicyclic) bond motifs is 5. The molecule has 3 saturated carbocycles. The minimum atomic E-state index is -0.587. The molecule has 0 amide bonds. The molecule has 0 aromatic rings. The van der Waals surface area contributed by atoms with Gasteiger partial charge in [0.05, 0.1) is 6.10 Å². The first kappa shape index (κ1) is 21.6. The fraction of sp³-hybridized carbons (Fsp3) is 0.760. The molecular formula is C25H36O5. The van der Waals surface area contributed by atoms with E-state index in [0.717, 1.165) is 51.4 Å². The highest BCUT2D eigenvalue weighted by Gasteiger charge is 2.65. The summed E-state index contributed by atoms with van der Waals surface area (Å²) in [4.78, 5) is 23.6. The normalized spacial score (nSPS) is 44.7. The van der Waals surface area contributed by atoms with E-state index in [1.807, 2.05) is 12.2 Å². The molecule has 166 valence electrons. The summed E-state index contributed by atoms with van der Waals surface area (Å²) in [6.45, 7) is 9.75. The van der Waals surface area contributed by atoms with Crippen LogP contribution in [0.15, 0.2) is 24.3 Å². The molecule has 0 aromatic heterocycles. The van der Waals surface area contributed by atoms with Crippen molar-refractivity contribution in [2.45, 2.75) is 83.8 Å². The summed E-state index contributed by atoms with van der Waals surface area (Å²) in [6.07, 6.45) is 11.0. The van der Waals surface area contributed by atoms with Gasteiger partial charge in [0.1, 0.15) is 12.2 Å². The third-order valence-corrected chi connectivity index (χ3v) is 9.18. The number of ether oxygens (including phenoxy) is 2. The molecule has 3 fully saturated rings. The van der Waals surface area contributed by atoms with Crippen LogP contribution in [0.1, 0.15) is 72.1 Å². The molecule has 0 aromatic carbocycles. The smallest absolute Gasteiger partial charge is 0.303 e. The Morgan fingerprint density at radius 2 is 1.87 bits per heavy atom. The number of carbonyl (C=O) groups excluding carboxylic acids is 2. The SMILES string of the molecule is C=C[C@]1(OC(C)=O)CC[C@H]2[C@@H]3CCC4=C[C@@H](O)CC[C@]4(COC(C)=O)[C@H]3CC[C@@]21C. The van der Waals surface area contributed by atoms with Gasteiger partial charge in [-0.15, -0.1) is 0 Å². The number of hydrogen-bond acceptors (Lipinski definition) is 5. The van der Waals surface area contributed by atoms with Crippen molar-refractivity contribution in [1.29, 1.82) is 0 Å². The van der Waals surface area contributed by atoms with E-state index in [2.05, 4.69) is 13.5 Å². The largest absolute Gasteiger partial charge is 0.465 e. The average Bonchev–Trinajstić information content (AvgIpc) is 2.98. The zero-order valence-electron chi connectivity index (χ0n) is 18.6. The lowest BCUT2D eigenvalue weighted by molar-refractivity contribution is -0.173. The second-order valence-electron chi connectivity index (χ2n) is 10.3. The van der Waals surface area contributed by atoms with Crippen molar-refractivity contribution in [3.05, 3.63) is 24.3 Å². The lowest BCUT2D eigenvalue weighted by atomic mass is 9.46. The van der Waals surface area contributed by atoms with Gasteiger partial charge < -0.3 is 14.6 Å². The molecule has 0 radical (unpaired) electrons. The lowest BCUT2D eigenvalue weighted by Crippen LogP contribution is -2.57. The van der Waals surface area contributed by atoms with Crippen LogP contribution in [-0.4, -0.2) is 35.4 Å². The van der Waals surface area contributed by atoms with Crippen LogP contribution in [0.2, 0.25) is 0 Å². The number of aliphatic hydroxyl groups is 1. The summed E-state index contributed by atoms with van der Waals surface area (Å²) in [5.74, 6) is 0.917. The van der Waals surface area contributed by atoms with Gasteiger partial charge >= 0.3 is 11.9 Å². The van der Waals surface area contributed by atoms with E-state index in [1.54, 1.807) is 0 Å². The molecule has 0 saturated heterocycles. The van der Waals surface area contributed by atoms with Gasteiger partial charge in [0.25, 0.3) is 0 Å². The van der Waals surface area contributed by atoms with E-state index < -0.39 is 5.60 Å². The second kappa shape index (κ2) is 7.51. The van der Waals surface area contributed by atoms with Crippen molar-refractivity contribution in [2.75, 3.05) is 6.61 Å². The van der Waals surface area contributed by atoms with E-state index >= 15 is 0 Å². The van der Waals surface area contributed by atoms with Crippen molar-refractivity contribution in [2.24, 2.45) is 28.6 Å². The average molecular weight is 417 g/mol. The summed E-state index contributed by atoms with van der Waals surface area (Å²) in [6, 6.07) is 0. The van der Waals surface area contributed by atoms with Crippen LogP contribution >= 0.6 is 0 Å².